The number of carboxylic acids is 1. The zero-order valence-electron chi connectivity index (χ0n) is 21.2. The first kappa shape index (κ1) is 30.6. The molecule has 9 N–H and O–H groups in total. The maximum Gasteiger partial charge on any atom is 0.326 e. The molecule has 4 amide bonds. The van der Waals surface area contributed by atoms with E-state index in [0.29, 0.717) is 12.1 Å². The van der Waals surface area contributed by atoms with E-state index in [9.17, 15) is 29.1 Å². The predicted octanol–water partition coefficient (Wildman–Crippen LogP) is -0.824. The highest BCUT2D eigenvalue weighted by molar-refractivity contribution is 5.94. The number of nitrogens with one attached hydrogen (secondary N) is 4. The van der Waals surface area contributed by atoms with Crippen LogP contribution in [0.4, 0.5) is 0 Å². The second-order valence-corrected chi connectivity index (χ2v) is 9.35. The van der Waals surface area contributed by atoms with Crippen molar-refractivity contribution in [3.05, 3.63) is 18.2 Å². The van der Waals surface area contributed by atoms with Gasteiger partial charge in [0.15, 0.2) is 0 Å². The van der Waals surface area contributed by atoms with E-state index >= 15 is 0 Å². The predicted molar refractivity (Wildman–Crippen MR) is 131 cm³/mol. The maximum atomic E-state index is 13.2. The molecule has 1 heterocycles. The Morgan fingerprint density at radius 3 is 2.08 bits per heavy atom. The number of carbonyl (C=O) groups excluding carboxylic acids is 4. The molecule has 1 aromatic heterocycles. The van der Waals surface area contributed by atoms with Crippen molar-refractivity contribution < 1.29 is 29.1 Å². The molecule has 202 valence electrons. The molecule has 13 nitrogen and oxygen atoms in total. The quantitative estimate of drug-likeness (QED) is 0.149. The zero-order valence-corrected chi connectivity index (χ0v) is 21.2. The minimum atomic E-state index is -1.20. The number of nitrogens with two attached hydrogens (primary N) is 2. The Kier molecular flexibility index (Phi) is 12.6. The number of hydrogen-bond donors (Lipinski definition) is 7. The topological polar surface area (TPSA) is 222 Å². The van der Waals surface area contributed by atoms with Crippen LogP contribution < -0.4 is 27.4 Å². The molecule has 1 rings (SSSR count). The van der Waals surface area contributed by atoms with Crippen molar-refractivity contribution in [3.63, 3.8) is 0 Å². The Labute approximate surface area is 210 Å². The van der Waals surface area contributed by atoms with Crippen molar-refractivity contribution in [1.82, 2.24) is 25.9 Å². The van der Waals surface area contributed by atoms with E-state index in [1.165, 1.54) is 12.5 Å². The molecule has 0 bridgehead atoms. The average Bonchev–Trinajstić information content (AvgIpc) is 3.32. The summed E-state index contributed by atoms with van der Waals surface area (Å²) >= 11 is 0. The Hall–Kier alpha value is -3.48. The van der Waals surface area contributed by atoms with Crippen LogP contribution in [-0.4, -0.2) is 68.8 Å². The molecule has 0 fully saturated rings. The number of hydrogen-bond acceptors (Lipinski definition) is 7. The standard InChI is InChI=1S/C23H39N7O6/c1-5-13(4)19(25)22(34)28-15(6-7-18(24)31)20(32)29-16(9-14-10-26-11-27-14)21(33)30-17(23(35)36)8-12(2)3/h10-13,15-17,19H,5-9,25H2,1-4H3,(H2,24,31)(H,26,27)(H,28,34)(H,29,32)(H,30,33)(H,35,36). The highest BCUT2D eigenvalue weighted by Gasteiger charge is 2.31. The van der Waals surface area contributed by atoms with Crippen LogP contribution in [0.3, 0.4) is 0 Å². The molecule has 1 aromatic rings. The fourth-order valence-corrected chi connectivity index (χ4v) is 3.40. The lowest BCUT2D eigenvalue weighted by Crippen LogP contribution is -2.58. The fraction of sp³-hybridized carbons (Fsp3) is 0.652. The van der Waals surface area contributed by atoms with Gasteiger partial charge in [0.2, 0.25) is 23.6 Å². The number of nitrogens with zero attached hydrogens (tertiary/aromatic N) is 1. The summed E-state index contributed by atoms with van der Waals surface area (Å²) in [5.74, 6) is -4.06. The van der Waals surface area contributed by atoms with E-state index in [2.05, 4.69) is 25.9 Å². The summed E-state index contributed by atoms with van der Waals surface area (Å²) in [4.78, 5) is 68.5. The van der Waals surface area contributed by atoms with Gasteiger partial charge in [-0.2, -0.15) is 0 Å². The molecule has 0 radical (unpaired) electrons. The van der Waals surface area contributed by atoms with Crippen molar-refractivity contribution in [2.75, 3.05) is 0 Å². The SMILES string of the molecule is CCC(C)C(N)C(=O)NC(CCC(N)=O)C(=O)NC(Cc1cnc[nH]1)C(=O)NC(CC(C)C)C(=O)O. The maximum absolute atomic E-state index is 13.2. The molecule has 5 unspecified atom stereocenters. The van der Waals surface area contributed by atoms with Crippen LogP contribution in [0.5, 0.6) is 0 Å². The minimum Gasteiger partial charge on any atom is -0.480 e. The summed E-state index contributed by atoms with van der Waals surface area (Å²) in [6.07, 6.45) is 3.38. The lowest BCUT2D eigenvalue weighted by molar-refractivity contribution is -0.142. The number of aromatic amines is 1. The van der Waals surface area contributed by atoms with Crippen LogP contribution >= 0.6 is 0 Å². The van der Waals surface area contributed by atoms with E-state index in [4.69, 9.17) is 11.5 Å². The van der Waals surface area contributed by atoms with Gasteiger partial charge < -0.3 is 37.5 Å². The number of carbonyl (C=O) groups is 5. The lowest BCUT2D eigenvalue weighted by Gasteiger charge is -2.26. The molecule has 0 aromatic carbocycles. The van der Waals surface area contributed by atoms with Crippen molar-refractivity contribution >= 4 is 29.6 Å². The van der Waals surface area contributed by atoms with Crippen LogP contribution in [0, 0.1) is 11.8 Å². The number of primary amides is 1. The Morgan fingerprint density at radius 2 is 1.58 bits per heavy atom. The van der Waals surface area contributed by atoms with Gasteiger partial charge in [-0.15, -0.1) is 0 Å². The molecule has 0 saturated heterocycles. The van der Waals surface area contributed by atoms with E-state index < -0.39 is 53.8 Å². The van der Waals surface area contributed by atoms with Crippen molar-refractivity contribution in [3.8, 4) is 0 Å². The summed E-state index contributed by atoms with van der Waals surface area (Å²) in [5.41, 5.74) is 11.7. The van der Waals surface area contributed by atoms with Gasteiger partial charge in [0.1, 0.15) is 18.1 Å². The normalized spacial score (nSPS) is 15.3. The number of aromatic nitrogens is 2. The summed E-state index contributed by atoms with van der Waals surface area (Å²) in [6.45, 7) is 7.31. The van der Waals surface area contributed by atoms with Gasteiger partial charge in [0, 0.05) is 24.7 Å². The first-order valence-corrected chi connectivity index (χ1v) is 12.0. The number of rotatable bonds is 16. The van der Waals surface area contributed by atoms with E-state index in [1.54, 1.807) is 6.92 Å². The summed E-state index contributed by atoms with van der Waals surface area (Å²) in [5, 5.41) is 17.1. The van der Waals surface area contributed by atoms with E-state index in [-0.39, 0.29) is 37.5 Å². The average molecular weight is 510 g/mol. The molecule has 0 spiro atoms. The Morgan fingerprint density at radius 1 is 1.00 bits per heavy atom. The number of imidazole rings is 1. The molecule has 0 aliphatic heterocycles. The monoisotopic (exact) mass is 509 g/mol. The fourth-order valence-electron chi connectivity index (χ4n) is 3.40. The summed E-state index contributed by atoms with van der Waals surface area (Å²) in [6, 6.07) is -4.42. The second kappa shape index (κ2) is 14.8. The van der Waals surface area contributed by atoms with Gasteiger partial charge in [-0.05, 0) is 24.7 Å². The molecular formula is C23H39N7O6. The molecular weight excluding hydrogens is 470 g/mol. The van der Waals surface area contributed by atoms with Gasteiger partial charge in [0.05, 0.1) is 12.4 Å². The largest absolute Gasteiger partial charge is 0.480 e. The van der Waals surface area contributed by atoms with Gasteiger partial charge in [-0.1, -0.05) is 34.1 Å². The number of H-pyrrole nitrogens is 1. The third-order valence-electron chi connectivity index (χ3n) is 5.81. The van der Waals surface area contributed by atoms with Crippen molar-refractivity contribution in [1.29, 1.82) is 0 Å². The van der Waals surface area contributed by atoms with E-state index in [1.807, 2.05) is 20.8 Å². The Bertz CT molecular complexity index is 890. The van der Waals surface area contributed by atoms with Gasteiger partial charge in [0.25, 0.3) is 0 Å². The van der Waals surface area contributed by atoms with Gasteiger partial charge in [-0.25, -0.2) is 9.78 Å². The van der Waals surface area contributed by atoms with Crippen LogP contribution in [0.15, 0.2) is 12.5 Å². The third kappa shape index (κ3) is 10.4. The van der Waals surface area contributed by atoms with Gasteiger partial charge in [-0.3, -0.25) is 19.2 Å². The van der Waals surface area contributed by atoms with Crippen LogP contribution in [0.1, 0.15) is 59.1 Å². The van der Waals surface area contributed by atoms with Crippen LogP contribution in [-0.2, 0) is 30.4 Å². The lowest BCUT2D eigenvalue weighted by atomic mass is 9.98. The van der Waals surface area contributed by atoms with Crippen molar-refractivity contribution in [2.45, 2.75) is 84.0 Å². The highest BCUT2D eigenvalue weighted by atomic mass is 16.4. The first-order chi connectivity index (χ1) is 16.8. The van der Waals surface area contributed by atoms with Gasteiger partial charge >= 0.3 is 5.97 Å². The molecule has 0 aliphatic carbocycles. The number of carboxylic acid groups (broad SMARTS) is 1. The minimum absolute atomic E-state index is 0.00448. The number of amides is 4. The molecule has 5 atom stereocenters. The zero-order chi connectivity index (χ0) is 27.4. The second-order valence-electron chi connectivity index (χ2n) is 9.35. The first-order valence-electron chi connectivity index (χ1n) is 12.0. The summed E-state index contributed by atoms with van der Waals surface area (Å²) in [7, 11) is 0. The molecule has 13 heteroatoms. The summed E-state index contributed by atoms with van der Waals surface area (Å²) < 4.78 is 0. The number of aliphatic carboxylic acids is 1. The van der Waals surface area contributed by atoms with Crippen molar-refractivity contribution in [2.24, 2.45) is 23.3 Å². The molecule has 0 aliphatic rings. The highest BCUT2D eigenvalue weighted by Crippen LogP contribution is 2.09. The van der Waals surface area contributed by atoms with E-state index in [0.717, 1.165) is 0 Å². The molecule has 36 heavy (non-hydrogen) atoms. The smallest absolute Gasteiger partial charge is 0.326 e. The van der Waals surface area contributed by atoms with Crippen LogP contribution in [0.2, 0.25) is 0 Å². The molecule has 0 saturated carbocycles. The van der Waals surface area contributed by atoms with Crippen LogP contribution in [0.25, 0.3) is 0 Å². The Balaban J connectivity index is 3.11. The third-order valence-corrected chi connectivity index (χ3v) is 5.81.